The number of imide groups is 1. The average molecular weight is 229 g/mol. The van der Waals surface area contributed by atoms with Crippen molar-refractivity contribution in [3.63, 3.8) is 0 Å². The first-order chi connectivity index (χ1) is 7.49. The van der Waals surface area contributed by atoms with E-state index in [9.17, 15) is 14.4 Å². The summed E-state index contributed by atoms with van der Waals surface area (Å²) in [6.45, 7) is 0.686. The van der Waals surface area contributed by atoms with Crippen molar-refractivity contribution >= 4 is 17.9 Å². The first-order valence-corrected chi connectivity index (χ1v) is 5.04. The van der Waals surface area contributed by atoms with Crippen molar-refractivity contribution in [1.29, 1.82) is 0 Å². The standard InChI is InChI=1S/C9H15N3O4/c10-9(16)11-7(13)5-12-3-1-2-6(12)4-8(14)15/h6H,1-5H2,(H,14,15)(H3,10,11,13,16). The van der Waals surface area contributed by atoms with E-state index >= 15 is 0 Å². The summed E-state index contributed by atoms with van der Waals surface area (Å²) in [5.74, 6) is -1.38. The van der Waals surface area contributed by atoms with E-state index in [0.29, 0.717) is 6.54 Å². The van der Waals surface area contributed by atoms with Gasteiger partial charge in [-0.05, 0) is 19.4 Å². The fraction of sp³-hybridized carbons (Fsp3) is 0.667. The highest BCUT2D eigenvalue weighted by Crippen LogP contribution is 2.19. The first kappa shape index (κ1) is 12.4. The molecular formula is C9H15N3O4. The third-order valence-electron chi connectivity index (χ3n) is 2.52. The third kappa shape index (κ3) is 3.85. The van der Waals surface area contributed by atoms with Gasteiger partial charge in [0.25, 0.3) is 0 Å². The Bertz CT molecular complexity index is 305. The second-order valence-corrected chi connectivity index (χ2v) is 3.78. The predicted molar refractivity (Wildman–Crippen MR) is 54.6 cm³/mol. The van der Waals surface area contributed by atoms with Gasteiger partial charge in [0.15, 0.2) is 0 Å². The van der Waals surface area contributed by atoms with Crippen molar-refractivity contribution in [3.05, 3.63) is 0 Å². The minimum absolute atomic E-state index is 0.0148. The molecule has 3 amide bonds. The molecule has 1 fully saturated rings. The summed E-state index contributed by atoms with van der Waals surface area (Å²) in [5, 5.41) is 10.6. The second kappa shape index (κ2) is 5.45. The number of likely N-dealkylation sites (tertiary alicyclic amines) is 1. The molecule has 0 saturated carbocycles. The number of carbonyl (C=O) groups is 3. The highest BCUT2D eigenvalue weighted by atomic mass is 16.4. The molecule has 1 saturated heterocycles. The highest BCUT2D eigenvalue weighted by molar-refractivity contribution is 5.94. The highest BCUT2D eigenvalue weighted by Gasteiger charge is 2.28. The Hall–Kier alpha value is -1.63. The van der Waals surface area contributed by atoms with Gasteiger partial charge in [0.1, 0.15) is 0 Å². The number of nitrogens with two attached hydrogens (primary N) is 1. The zero-order valence-electron chi connectivity index (χ0n) is 8.81. The molecule has 0 aromatic rings. The van der Waals surface area contributed by atoms with Crippen molar-refractivity contribution in [3.8, 4) is 0 Å². The second-order valence-electron chi connectivity index (χ2n) is 3.78. The average Bonchev–Trinajstić information content (AvgIpc) is 2.50. The van der Waals surface area contributed by atoms with Crippen molar-refractivity contribution in [1.82, 2.24) is 10.2 Å². The van der Waals surface area contributed by atoms with E-state index in [1.165, 1.54) is 0 Å². The van der Waals surface area contributed by atoms with Crippen molar-refractivity contribution in [2.24, 2.45) is 5.73 Å². The van der Waals surface area contributed by atoms with Gasteiger partial charge in [-0.3, -0.25) is 19.8 Å². The maximum atomic E-state index is 11.2. The number of urea groups is 1. The van der Waals surface area contributed by atoms with E-state index in [1.54, 1.807) is 4.90 Å². The van der Waals surface area contributed by atoms with Crippen molar-refractivity contribution in [2.45, 2.75) is 25.3 Å². The first-order valence-electron chi connectivity index (χ1n) is 5.04. The summed E-state index contributed by atoms with van der Waals surface area (Å²) in [7, 11) is 0. The van der Waals surface area contributed by atoms with Gasteiger partial charge >= 0.3 is 12.0 Å². The molecule has 1 heterocycles. The molecule has 1 unspecified atom stereocenters. The summed E-state index contributed by atoms with van der Waals surface area (Å²) in [5.41, 5.74) is 4.80. The van der Waals surface area contributed by atoms with E-state index in [-0.39, 0.29) is 19.0 Å². The lowest BCUT2D eigenvalue weighted by Crippen LogP contribution is -2.44. The van der Waals surface area contributed by atoms with Gasteiger partial charge in [-0.2, -0.15) is 0 Å². The Morgan fingerprint density at radius 3 is 2.69 bits per heavy atom. The van der Waals surface area contributed by atoms with Crippen LogP contribution in [0.2, 0.25) is 0 Å². The zero-order chi connectivity index (χ0) is 12.1. The van der Waals surface area contributed by atoms with Gasteiger partial charge in [0.2, 0.25) is 5.91 Å². The lowest BCUT2D eigenvalue weighted by molar-refractivity contribution is -0.138. The van der Waals surface area contributed by atoms with E-state index in [4.69, 9.17) is 10.8 Å². The normalized spacial score (nSPS) is 20.6. The Morgan fingerprint density at radius 1 is 1.44 bits per heavy atom. The molecule has 0 aliphatic carbocycles. The fourth-order valence-electron chi connectivity index (χ4n) is 1.90. The molecule has 1 atom stereocenters. The summed E-state index contributed by atoms with van der Waals surface area (Å²) in [6, 6.07) is -1.02. The van der Waals surface area contributed by atoms with Crippen LogP contribution in [0.4, 0.5) is 4.79 Å². The van der Waals surface area contributed by atoms with Crippen LogP contribution in [-0.4, -0.2) is 47.0 Å². The van der Waals surface area contributed by atoms with Gasteiger partial charge in [-0.25, -0.2) is 4.79 Å². The SMILES string of the molecule is NC(=O)NC(=O)CN1CCCC1CC(=O)O. The van der Waals surface area contributed by atoms with E-state index in [2.05, 4.69) is 0 Å². The molecule has 1 aliphatic rings. The Labute approximate surface area is 92.6 Å². The third-order valence-corrected chi connectivity index (χ3v) is 2.52. The summed E-state index contributed by atoms with van der Waals surface area (Å²) in [4.78, 5) is 34.0. The molecule has 0 spiro atoms. The lowest BCUT2D eigenvalue weighted by Gasteiger charge is -2.21. The molecule has 7 nitrogen and oxygen atoms in total. The monoisotopic (exact) mass is 229 g/mol. The topological polar surface area (TPSA) is 113 Å². The van der Waals surface area contributed by atoms with E-state index < -0.39 is 17.9 Å². The van der Waals surface area contributed by atoms with Gasteiger partial charge in [-0.15, -0.1) is 0 Å². The molecule has 0 bridgehead atoms. The molecule has 0 aromatic heterocycles. The van der Waals surface area contributed by atoms with Crippen LogP contribution in [0, 0.1) is 0 Å². The van der Waals surface area contributed by atoms with Gasteiger partial charge in [0.05, 0.1) is 13.0 Å². The maximum absolute atomic E-state index is 11.2. The molecule has 90 valence electrons. The molecule has 0 radical (unpaired) electrons. The van der Waals surface area contributed by atoms with Crippen LogP contribution >= 0.6 is 0 Å². The molecular weight excluding hydrogens is 214 g/mol. The van der Waals surface area contributed by atoms with Gasteiger partial charge in [-0.1, -0.05) is 0 Å². The number of hydrogen-bond donors (Lipinski definition) is 3. The summed E-state index contributed by atoms with van der Waals surface area (Å²) < 4.78 is 0. The summed E-state index contributed by atoms with van der Waals surface area (Å²) in [6.07, 6.45) is 1.64. The van der Waals surface area contributed by atoms with Crippen molar-refractivity contribution < 1.29 is 19.5 Å². The Morgan fingerprint density at radius 2 is 2.12 bits per heavy atom. The number of nitrogens with one attached hydrogen (secondary N) is 1. The number of carbonyl (C=O) groups excluding carboxylic acids is 2. The minimum atomic E-state index is -0.890. The zero-order valence-corrected chi connectivity index (χ0v) is 8.81. The number of primary amides is 1. The number of carboxylic acids is 1. The van der Waals surface area contributed by atoms with Crippen molar-refractivity contribution in [2.75, 3.05) is 13.1 Å². The van der Waals surface area contributed by atoms with Crippen LogP contribution in [0.3, 0.4) is 0 Å². The molecule has 1 aliphatic heterocycles. The number of aliphatic carboxylic acids is 1. The smallest absolute Gasteiger partial charge is 0.318 e. The van der Waals surface area contributed by atoms with Gasteiger partial charge in [0, 0.05) is 6.04 Å². The fourth-order valence-corrected chi connectivity index (χ4v) is 1.90. The molecule has 4 N–H and O–H groups in total. The molecule has 0 aromatic carbocycles. The number of carboxylic acid groups (broad SMARTS) is 1. The number of nitrogens with zero attached hydrogens (tertiary/aromatic N) is 1. The Balaban J connectivity index is 2.43. The van der Waals surface area contributed by atoms with Crippen LogP contribution in [0.5, 0.6) is 0 Å². The number of hydrogen-bond acceptors (Lipinski definition) is 4. The molecule has 1 rings (SSSR count). The quantitative estimate of drug-likeness (QED) is 0.579. The van der Waals surface area contributed by atoms with Crippen LogP contribution in [-0.2, 0) is 9.59 Å². The van der Waals surface area contributed by atoms with Gasteiger partial charge < -0.3 is 10.8 Å². The maximum Gasteiger partial charge on any atom is 0.318 e. The molecule has 16 heavy (non-hydrogen) atoms. The predicted octanol–water partition coefficient (Wildman–Crippen LogP) is -0.880. The Kier molecular flexibility index (Phi) is 4.24. The van der Waals surface area contributed by atoms with E-state index in [0.717, 1.165) is 12.8 Å². The molecule has 7 heteroatoms. The lowest BCUT2D eigenvalue weighted by atomic mass is 10.1. The largest absolute Gasteiger partial charge is 0.481 e. The number of rotatable bonds is 4. The van der Waals surface area contributed by atoms with Crippen LogP contribution in [0.25, 0.3) is 0 Å². The van der Waals surface area contributed by atoms with E-state index in [1.807, 2.05) is 5.32 Å². The van der Waals surface area contributed by atoms with Crippen LogP contribution < -0.4 is 11.1 Å². The van der Waals surface area contributed by atoms with Crippen LogP contribution in [0.15, 0.2) is 0 Å². The minimum Gasteiger partial charge on any atom is -0.481 e. The number of amides is 3. The summed E-state index contributed by atoms with van der Waals surface area (Å²) >= 11 is 0. The van der Waals surface area contributed by atoms with Crippen LogP contribution in [0.1, 0.15) is 19.3 Å².